The zero-order valence-electron chi connectivity index (χ0n) is 14.3. The Bertz CT molecular complexity index is 1100. The maximum atomic E-state index is 12.9. The Morgan fingerprint density at radius 3 is 2.84 bits per heavy atom. The first kappa shape index (κ1) is 17.4. The fourth-order valence-electron chi connectivity index (χ4n) is 5.16. The average Bonchev–Trinajstić information content (AvgIpc) is 2.87. The third-order valence-corrected chi connectivity index (χ3v) is 7.55. The number of fused-ring (bicyclic) bond motifs is 9. The van der Waals surface area contributed by atoms with Gasteiger partial charge in [-0.1, -0.05) is 58.0 Å². The van der Waals surface area contributed by atoms with Gasteiger partial charge in [-0.15, -0.1) is 18.2 Å². The van der Waals surface area contributed by atoms with Crippen molar-refractivity contribution in [2.24, 2.45) is 5.41 Å². The first-order valence-electron chi connectivity index (χ1n) is 8.42. The van der Waals surface area contributed by atoms with Crippen LogP contribution in [-0.2, 0) is 25.5 Å². The number of halogens is 1. The molecule has 2 aromatic heterocycles. The molecule has 2 bridgehead atoms. The van der Waals surface area contributed by atoms with Crippen LogP contribution in [0.1, 0.15) is 50.8 Å². The summed E-state index contributed by atoms with van der Waals surface area (Å²) in [7, 11) is 0. The molecule has 3 nitrogen and oxygen atoms in total. The minimum absolute atomic E-state index is 0. The average molecular weight is 574 g/mol. The first-order valence-corrected chi connectivity index (χ1v) is 9.21. The zero-order chi connectivity index (χ0) is 16.9. The van der Waals surface area contributed by atoms with Gasteiger partial charge in [-0.2, -0.15) is 0 Å². The van der Waals surface area contributed by atoms with Gasteiger partial charge in [0, 0.05) is 36.8 Å². The van der Waals surface area contributed by atoms with Gasteiger partial charge in [-0.25, -0.2) is 4.98 Å². The largest absolute Gasteiger partial charge is 0.345 e. The van der Waals surface area contributed by atoms with Gasteiger partial charge in [0.05, 0.1) is 5.65 Å². The Labute approximate surface area is 168 Å². The predicted octanol–water partition coefficient (Wildman–Crippen LogP) is 4.58. The van der Waals surface area contributed by atoms with Crippen molar-refractivity contribution in [3.63, 3.8) is 0 Å². The van der Waals surface area contributed by atoms with Crippen LogP contribution in [0.5, 0.6) is 0 Å². The molecule has 1 fully saturated rings. The molecule has 3 aromatic rings. The molecule has 5 heteroatoms. The summed E-state index contributed by atoms with van der Waals surface area (Å²) in [5.74, 6) is 0.316. The van der Waals surface area contributed by atoms with E-state index in [1.165, 1.54) is 5.69 Å². The second-order valence-corrected chi connectivity index (χ2v) is 8.80. The second-order valence-electron chi connectivity index (χ2n) is 7.95. The molecule has 2 aliphatic carbocycles. The molecule has 0 saturated heterocycles. The van der Waals surface area contributed by atoms with Crippen molar-refractivity contribution in [1.29, 1.82) is 0 Å². The number of nitrogens with zero attached hydrogens (tertiary/aromatic N) is 2. The van der Waals surface area contributed by atoms with E-state index < -0.39 is 0 Å². The van der Waals surface area contributed by atoms with E-state index in [2.05, 4.69) is 64.4 Å². The van der Waals surface area contributed by atoms with Crippen LogP contribution in [-0.4, -0.2) is 9.38 Å². The van der Waals surface area contributed by atoms with E-state index in [9.17, 15) is 4.79 Å². The number of hydrogen-bond donors (Lipinski definition) is 0. The van der Waals surface area contributed by atoms with Crippen molar-refractivity contribution in [1.82, 2.24) is 9.38 Å². The molecular formula is C20H18BrIrN2O-. The van der Waals surface area contributed by atoms with Gasteiger partial charge in [0.25, 0.3) is 5.56 Å². The van der Waals surface area contributed by atoms with E-state index in [1.54, 1.807) is 0 Å². The molecule has 1 radical (unpaired) electrons. The smallest absolute Gasteiger partial charge is 0.267 e. The molecule has 0 amide bonds. The van der Waals surface area contributed by atoms with Crippen molar-refractivity contribution in [3.8, 4) is 0 Å². The van der Waals surface area contributed by atoms with Crippen molar-refractivity contribution in [2.45, 2.75) is 44.9 Å². The van der Waals surface area contributed by atoms with Gasteiger partial charge in [-0.3, -0.25) is 4.79 Å². The number of pyridine rings is 1. The molecular weight excluding hydrogens is 556 g/mol. The summed E-state index contributed by atoms with van der Waals surface area (Å²) >= 11 is 3.59. The van der Waals surface area contributed by atoms with Crippen LogP contribution in [0.15, 0.2) is 33.7 Å². The van der Waals surface area contributed by atoms with Crippen LogP contribution < -0.4 is 5.56 Å². The monoisotopic (exact) mass is 574 g/mol. The van der Waals surface area contributed by atoms with Crippen LogP contribution in [0.3, 0.4) is 0 Å². The van der Waals surface area contributed by atoms with Crippen molar-refractivity contribution < 1.29 is 20.1 Å². The van der Waals surface area contributed by atoms with Gasteiger partial charge >= 0.3 is 0 Å². The Balaban J connectivity index is 0.00000157. The second kappa shape index (κ2) is 5.25. The van der Waals surface area contributed by atoms with Gasteiger partial charge < -0.3 is 4.40 Å². The van der Waals surface area contributed by atoms with Crippen LogP contribution in [0.2, 0.25) is 0 Å². The summed E-state index contributed by atoms with van der Waals surface area (Å²) < 4.78 is 3.16. The fourth-order valence-corrected chi connectivity index (χ4v) is 5.62. The molecule has 1 aromatic carbocycles. The van der Waals surface area contributed by atoms with Gasteiger partial charge in [0.2, 0.25) is 0 Å². The number of aromatic nitrogens is 2. The molecule has 131 valence electrons. The van der Waals surface area contributed by atoms with Crippen LogP contribution in [0, 0.1) is 11.5 Å². The molecule has 2 atom stereocenters. The normalized spacial score (nSPS) is 26.0. The maximum Gasteiger partial charge on any atom is 0.267 e. The summed E-state index contributed by atoms with van der Waals surface area (Å²) in [5.41, 5.74) is 2.90. The van der Waals surface area contributed by atoms with Crippen LogP contribution in [0.25, 0.3) is 16.4 Å². The third-order valence-electron chi connectivity index (χ3n) is 6.86. The van der Waals surface area contributed by atoms with E-state index in [1.807, 2.05) is 12.1 Å². The van der Waals surface area contributed by atoms with Crippen molar-refractivity contribution >= 4 is 32.3 Å². The Morgan fingerprint density at radius 2 is 2.08 bits per heavy atom. The number of rotatable bonds is 0. The Kier molecular flexibility index (Phi) is 3.65. The van der Waals surface area contributed by atoms with Crippen molar-refractivity contribution in [3.05, 3.63) is 56.5 Å². The third kappa shape index (κ3) is 1.90. The number of hydrogen-bond acceptors (Lipinski definition) is 2. The van der Waals surface area contributed by atoms with E-state index in [0.29, 0.717) is 5.92 Å². The molecule has 0 spiro atoms. The minimum atomic E-state index is -0.0487. The minimum Gasteiger partial charge on any atom is -0.345 e. The Morgan fingerprint density at radius 1 is 1.32 bits per heavy atom. The van der Waals surface area contributed by atoms with Gasteiger partial charge in [0.1, 0.15) is 0 Å². The predicted molar refractivity (Wildman–Crippen MR) is 98.6 cm³/mol. The zero-order valence-corrected chi connectivity index (χ0v) is 18.3. The van der Waals surface area contributed by atoms with E-state index in [4.69, 9.17) is 0 Å². The summed E-state index contributed by atoms with van der Waals surface area (Å²) in [4.78, 5) is 17.4. The summed E-state index contributed by atoms with van der Waals surface area (Å²) in [6, 6.07) is 9.22. The molecule has 2 aliphatic rings. The van der Waals surface area contributed by atoms with Gasteiger partial charge in [0.15, 0.2) is 0 Å². The topological polar surface area (TPSA) is 34.4 Å². The summed E-state index contributed by atoms with van der Waals surface area (Å²) in [6.07, 6.45) is 4.29. The van der Waals surface area contributed by atoms with E-state index in [0.717, 1.165) is 39.3 Å². The van der Waals surface area contributed by atoms with Crippen LogP contribution >= 0.6 is 15.9 Å². The SMILES string of the molecule is CC12CCC(c3c1n1ccc4c(Br)cc[c-]c4c1nc3=O)C2(C)C.[Ir]. The molecule has 25 heavy (non-hydrogen) atoms. The molecule has 1 saturated carbocycles. The molecule has 5 rings (SSSR count). The quantitative estimate of drug-likeness (QED) is 0.291. The molecule has 2 unspecified atom stereocenters. The van der Waals surface area contributed by atoms with Crippen LogP contribution in [0.4, 0.5) is 0 Å². The van der Waals surface area contributed by atoms with Gasteiger partial charge in [-0.05, 0) is 30.4 Å². The summed E-state index contributed by atoms with van der Waals surface area (Å²) in [6.45, 7) is 6.93. The Hall–Kier alpha value is -1.03. The fraction of sp³-hybridized carbons (Fsp3) is 0.400. The molecule has 2 heterocycles. The first-order chi connectivity index (χ1) is 11.4. The molecule has 0 aliphatic heterocycles. The molecule has 0 N–H and O–H groups in total. The maximum absolute atomic E-state index is 12.9. The van der Waals surface area contributed by atoms with E-state index >= 15 is 0 Å². The van der Waals surface area contributed by atoms with E-state index in [-0.39, 0.29) is 36.5 Å². The standard InChI is InChI=1S/C20H18BrN2O.Ir/c1-19(2)13-7-9-20(19,3)16-15(13)18(24)22-17-12-5-4-6-14(21)11(12)8-10-23(16)17;/h4,6,8,10,13H,7,9H2,1-3H3;/q-1;. The number of benzene rings is 1. The van der Waals surface area contributed by atoms with Crippen molar-refractivity contribution in [2.75, 3.05) is 0 Å². The summed E-state index contributed by atoms with van der Waals surface area (Å²) in [5, 5.41) is 1.94.